The molecule has 0 radical (unpaired) electrons. The van der Waals surface area contributed by atoms with Crippen LogP contribution in [0.5, 0.6) is 0 Å². The fourth-order valence-corrected chi connectivity index (χ4v) is 1.95. The van der Waals surface area contributed by atoms with E-state index in [1.807, 2.05) is 53.3 Å². The molecule has 0 saturated heterocycles. The molecular formula is C14H11FN2. The Morgan fingerprint density at radius 1 is 1.06 bits per heavy atom. The number of rotatable bonds is 2. The minimum Gasteiger partial charge on any atom is -0.246 e. The van der Waals surface area contributed by atoms with Crippen molar-refractivity contribution in [2.75, 3.05) is 0 Å². The standard InChI is InChI=1S/C14H11FN2/c15-9-11-4-3-6-13(8-11)17-14-7-2-1-5-12(14)10-16-17/h1-8,10H,9H2. The van der Waals surface area contributed by atoms with Crippen LogP contribution in [0.1, 0.15) is 5.56 Å². The van der Waals surface area contributed by atoms with Crippen molar-refractivity contribution in [2.45, 2.75) is 6.67 Å². The maximum Gasteiger partial charge on any atom is 0.115 e. The molecule has 0 aliphatic carbocycles. The summed E-state index contributed by atoms with van der Waals surface area (Å²) in [7, 11) is 0. The van der Waals surface area contributed by atoms with E-state index >= 15 is 0 Å². The Labute approximate surface area is 98.3 Å². The first-order valence-electron chi connectivity index (χ1n) is 5.46. The Kier molecular flexibility index (Phi) is 2.37. The van der Waals surface area contributed by atoms with Crippen molar-refractivity contribution in [3.63, 3.8) is 0 Å². The number of benzene rings is 2. The first-order chi connectivity index (χ1) is 8.38. The molecule has 17 heavy (non-hydrogen) atoms. The van der Waals surface area contributed by atoms with Crippen molar-refractivity contribution in [3.05, 3.63) is 60.3 Å². The van der Waals surface area contributed by atoms with Crippen LogP contribution in [0, 0.1) is 0 Å². The number of hydrogen-bond donors (Lipinski definition) is 0. The van der Waals surface area contributed by atoms with Gasteiger partial charge in [0.15, 0.2) is 0 Å². The van der Waals surface area contributed by atoms with E-state index in [2.05, 4.69) is 5.10 Å². The average molecular weight is 226 g/mol. The van der Waals surface area contributed by atoms with Crippen molar-refractivity contribution >= 4 is 10.9 Å². The third-order valence-corrected chi connectivity index (χ3v) is 2.79. The summed E-state index contributed by atoms with van der Waals surface area (Å²) in [5.74, 6) is 0. The van der Waals surface area contributed by atoms with E-state index in [0.717, 1.165) is 16.6 Å². The van der Waals surface area contributed by atoms with Crippen molar-refractivity contribution in [2.24, 2.45) is 0 Å². The minimum atomic E-state index is -0.451. The summed E-state index contributed by atoms with van der Waals surface area (Å²) in [6, 6.07) is 15.3. The second-order valence-electron chi connectivity index (χ2n) is 3.92. The zero-order valence-corrected chi connectivity index (χ0v) is 9.18. The van der Waals surface area contributed by atoms with E-state index in [9.17, 15) is 4.39 Å². The number of hydrogen-bond acceptors (Lipinski definition) is 1. The van der Waals surface area contributed by atoms with Gasteiger partial charge in [-0.1, -0.05) is 30.3 Å². The van der Waals surface area contributed by atoms with Gasteiger partial charge in [0.2, 0.25) is 0 Å². The summed E-state index contributed by atoms with van der Waals surface area (Å²) in [6.45, 7) is -0.451. The Morgan fingerprint density at radius 2 is 1.94 bits per heavy atom. The maximum atomic E-state index is 12.6. The lowest BCUT2D eigenvalue weighted by Gasteiger charge is -2.04. The molecule has 0 bridgehead atoms. The third kappa shape index (κ3) is 1.69. The van der Waals surface area contributed by atoms with Crippen LogP contribution in [0.4, 0.5) is 4.39 Å². The Hall–Kier alpha value is -2.16. The molecule has 2 nitrogen and oxygen atoms in total. The Bertz CT molecular complexity index is 658. The van der Waals surface area contributed by atoms with Gasteiger partial charge in [-0.15, -0.1) is 0 Å². The molecule has 3 aromatic rings. The fraction of sp³-hybridized carbons (Fsp3) is 0.0714. The second kappa shape index (κ2) is 4.01. The summed E-state index contributed by atoms with van der Waals surface area (Å²) in [4.78, 5) is 0. The topological polar surface area (TPSA) is 17.8 Å². The molecule has 3 heteroatoms. The van der Waals surface area contributed by atoms with Gasteiger partial charge in [-0.05, 0) is 23.8 Å². The third-order valence-electron chi connectivity index (χ3n) is 2.79. The molecule has 0 fully saturated rings. The zero-order valence-electron chi connectivity index (χ0n) is 9.18. The van der Waals surface area contributed by atoms with E-state index in [1.54, 1.807) is 6.07 Å². The van der Waals surface area contributed by atoms with Crippen molar-refractivity contribution < 1.29 is 4.39 Å². The molecule has 0 aliphatic rings. The largest absolute Gasteiger partial charge is 0.246 e. The van der Waals surface area contributed by atoms with Crippen molar-refractivity contribution in [3.8, 4) is 5.69 Å². The molecule has 0 unspecified atom stereocenters. The zero-order chi connectivity index (χ0) is 11.7. The Balaban J connectivity index is 2.20. The molecule has 1 heterocycles. The number of fused-ring (bicyclic) bond motifs is 1. The monoisotopic (exact) mass is 226 g/mol. The fourth-order valence-electron chi connectivity index (χ4n) is 1.95. The van der Waals surface area contributed by atoms with Gasteiger partial charge in [-0.3, -0.25) is 0 Å². The highest BCUT2D eigenvalue weighted by Gasteiger charge is 2.04. The molecule has 0 amide bonds. The first kappa shape index (κ1) is 10.0. The maximum absolute atomic E-state index is 12.6. The van der Waals surface area contributed by atoms with Crippen molar-refractivity contribution in [1.29, 1.82) is 0 Å². The molecule has 0 atom stereocenters. The molecule has 2 aromatic carbocycles. The summed E-state index contributed by atoms with van der Waals surface area (Å²) >= 11 is 0. The van der Waals surface area contributed by atoms with Crippen LogP contribution in [0.2, 0.25) is 0 Å². The summed E-state index contributed by atoms with van der Waals surface area (Å²) in [5.41, 5.74) is 2.59. The molecule has 84 valence electrons. The first-order valence-corrected chi connectivity index (χ1v) is 5.46. The molecule has 0 aliphatic heterocycles. The van der Waals surface area contributed by atoms with Crippen molar-refractivity contribution in [1.82, 2.24) is 9.78 Å². The van der Waals surface area contributed by atoms with Gasteiger partial charge in [0.05, 0.1) is 17.4 Å². The lowest BCUT2D eigenvalue weighted by Crippen LogP contribution is -1.96. The highest BCUT2D eigenvalue weighted by atomic mass is 19.1. The summed E-state index contributed by atoms with van der Waals surface area (Å²) in [6.07, 6.45) is 1.82. The predicted molar refractivity (Wildman–Crippen MR) is 65.9 cm³/mol. The molecule has 3 rings (SSSR count). The number of nitrogens with zero attached hydrogens (tertiary/aromatic N) is 2. The van der Waals surface area contributed by atoms with Gasteiger partial charge in [0.1, 0.15) is 6.67 Å². The van der Waals surface area contributed by atoms with Crippen LogP contribution in [0.3, 0.4) is 0 Å². The van der Waals surface area contributed by atoms with E-state index < -0.39 is 6.67 Å². The number of aromatic nitrogens is 2. The molecule has 0 N–H and O–H groups in total. The highest BCUT2D eigenvalue weighted by Crippen LogP contribution is 2.18. The van der Waals surface area contributed by atoms with Crippen LogP contribution >= 0.6 is 0 Å². The molecule has 0 saturated carbocycles. The van der Waals surface area contributed by atoms with Gasteiger partial charge < -0.3 is 0 Å². The number of alkyl halides is 1. The van der Waals surface area contributed by atoms with Gasteiger partial charge in [-0.25, -0.2) is 9.07 Å². The average Bonchev–Trinajstić information content (AvgIpc) is 2.82. The smallest absolute Gasteiger partial charge is 0.115 e. The van der Waals surface area contributed by atoms with Crippen LogP contribution in [-0.2, 0) is 6.67 Å². The summed E-state index contributed by atoms with van der Waals surface area (Å²) in [5, 5.41) is 5.42. The van der Waals surface area contributed by atoms with Gasteiger partial charge in [0.25, 0.3) is 0 Å². The lowest BCUT2D eigenvalue weighted by molar-refractivity contribution is 0.485. The van der Waals surface area contributed by atoms with E-state index in [-0.39, 0.29) is 0 Å². The number of halogens is 1. The number of para-hydroxylation sites is 1. The molecule has 0 spiro atoms. The highest BCUT2D eigenvalue weighted by molar-refractivity contribution is 5.80. The van der Waals surface area contributed by atoms with Gasteiger partial charge >= 0.3 is 0 Å². The van der Waals surface area contributed by atoms with Crippen LogP contribution in [-0.4, -0.2) is 9.78 Å². The summed E-state index contributed by atoms with van der Waals surface area (Å²) < 4.78 is 14.5. The molecular weight excluding hydrogens is 215 g/mol. The SMILES string of the molecule is FCc1cccc(-n2ncc3ccccc32)c1. The van der Waals surface area contributed by atoms with E-state index in [1.165, 1.54) is 0 Å². The van der Waals surface area contributed by atoms with E-state index in [0.29, 0.717) is 5.56 Å². The minimum absolute atomic E-state index is 0.451. The van der Waals surface area contributed by atoms with Crippen LogP contribution in [0.15, 0.2) is 54.7 Å². The van der Waals surface area contributed by atoms with E-state index in [4.69, 9.17) is 0 Å². The van der Waals surface area contributed by atoms with Gasteiger partial charge in [-0.2, -0.15) is 5.10 Å². The van der Waals surface area contributed by atoms with Crippen LogP contribution < -0.4 is 0 Å². The quantitative estimate of drug-likeness (QED) is 0.654. The second-order valence-corrected chi connectivity index (χ2v) is 3.92. The van der Waals surface area contributed by atoms with Crippen LogP contribution in [0.25, 0.3) is 16.6 Å². The predicted octanol–water partition coefficient (Wildman–Crippen LogP) is 3.50. The van der Waals surface area contributed by atoms with Gasteiger partial charge in [0, 0.05) is 5.39 Å². The lowest BCUT2D eigenvalue weighted by atomic mass is 10.2. The normalized spacial score (nSPS) is 10.9. The molecule has 1 aromatic heterocycles. The Morgan fingerprint density at radius 3 is 2.82 bits per heavy atom.